The van der Waals surface area contributed by atoms with E-state index in [0.717, 1.165) is 32.1 Å². The number of aromatic amines is 1. The van der Waals surface area contributed by atoms with Crippen molar-refractivity contribution >= 4 is 44.4 Å². The third-order valence-corrected chi connectivity index (χ3v) is 7.88. The summed E-state index contributed by atoms with van der Waals surface area (Å²) in [6.45, 7) is 1.94. The monoisotopic (exact) mass is 462 g/mol. The number of amides is 1. The highest BCUT2D eigenvalue weighted by Gasteiger charge is 2.59. The first-order chi connectivity index (χ1) is 13.8. The zero-order valence-corrected chi connectivity index (χ0v) is 17.9. The van der Waals surface area contributed by atoms with Crippen LogP contribution in [0, 0.1) is 23.1 Å². The number of ether oxygens (including phenoxy) is 1. The number of esters is 1. The number of alkyl halides is 1. The fourth-order valence-electron chi connectivity index (χ4n) is 6.31. The van der Waals surface area contributed by atoms with Crippen molar-refractivity contribution in [2.24, 2.45) is 17.3 Å². The standard InChI is InChI=1S/C22H24BrFN2O3/c1-2-29-19(27)18-17(15-6-14(24)3-4-16(15)25-18)26-20(28)21-7-12-5-13(8-21)10-22(23,9-12)11-21/h3-4,6,12-13,25H,2,5,7-11H2,1H3,(H,26,28)/t12-,13+,21?,22?. The third kappa shape index (κ3) is 3.09. The summed E-state index contributed by atoms with van der Waals surface area (Å²) in [6, 6.07) is 4.24. The maximum absolute atomic E-state index is 13.9. The van der Waals surface area contributed by atoms with Crippen LogP contribution in [-0.2, 0) is 9.53 Å². The SMILES string of the molecule is CCOC(=O)c1[nH]c2ccc(F)cc2c1NC(=O)C12C[C@@H]3C[C@@H](CC(Br)(C3)C1)C2. The molecule has 5 nitrogen and oxygen atoms in total. The molecule has 7 heteroatoms. The van der Waals surface area contributed by atoms with Gasteiger partial charge in [0.15, 0.2) is 0 Å². The molecule has 4 bridgehead atoms. The Bertz CT molecular complexity index is 1000. The molecular formula is C22H24BrFN2O3. The number of nitrogens with one attached hydrogen (secondary N) is 2. The lowest BCUT2D eigenvalue weighted by Crippen LogP contribution is -2.57. The summed E-state index contributed by atoms with van der Waals surface area (Å²) in [5.74, 6) is 0.0854. The predicted molar refractivity (Wildman–Crippen MR) is 112 cm³/mol. The second-order valence-corrected chi connectivity index (χ2v) is 10.8. The first-order valence-electron chi connectivity index (χ1n) is 10.3. The quantitative estimate of drug-likeness (QED) is 0.486. The van der Waals surface area contributed by atoms with E-state index in [2.05, 4.69) is 26.2 Å². The van der Waals surface area contributed by atoms with Crippen LogP contribution in [0.1, 0.15) is 55.9 Å². The Hall–Kier alpha value is -1.89. The van der Waals surface area contributed by atoms with Gasteiger partial charge in [0.05, 0.1) is 17.7 Å². The highest BCUT2D eigenvalue weighted by molar-refractivity contribution is 9.10. The van der Waals surface area contributed by atoms with Crippen molar-refractivity contribution in [1.29, 1.82) is 0 Å². The van der Waals surface area contributed by atoms with Gasteiger partial charge >= 0.3 is 5.97 Å². The number of rotatable bonds is 4. The second-order valence-electron chi connectivity index (χ2n) is 9.13. The van der Waals surface area contributed by atoms with Crippen LogP contribution < -0.4 is 5.32 Å². The summed E-state index contributed by atoms with van der Waals surface area (Å²) < 4.78 is 19.1. The van der Waals surface area contributed by atoms with Crippen LogP contribution in [-0.4, -0.2) is 27.8 Å². The van der Waals surface area contributed by atoms with E-state index in [-0.39, 0.29) is 22.5 Å². The molecule has 0 saturated heterocycles. The summed E-state index contributed by atoms with van der Waals surface area (Å²) >= 11 is 3.94. The molecule has 29 heavy (non-hydrogen) atoms. The van der Waals surface area contributed by atoms with Gasteiger partial charge in [0, 0.05) is 15.2 Å². The molecule has 0 aliphatic heterocycles. The Kier molecular flexibility index (Phi) is 4.32. The van der Waals surface area contributed by atoms with Gasteiger partial charge in [-0.05, 0) is 75.5 Å². The van der Waals surface area contributed by atoms with E-state index in [1.54, 1.807) is 13.0 Å². The fourth-order valence-corrected chi connectivity index (χ4v) is 7.77. The smallest absolute Gasteiger partial charge is 0.356 e. The van der Waals surface area contributed by atoms with Crippen molar-refractivity contribution < 1.29 is 18.7 Å². The number of halogens is 2. The zero-order valence-electron chi connectivity index (χ0n) is 16.3. The minimum absolute atomic E-state index is 0.0463. The molecule has 4 aliphatic carbocycles. The molecule has 4 aliphatic rings. The number of fused-ring (bicyclic) bond motifs is 1. The van der Waals surface area contributed by atoms with Crippen LogP contribution in [0.5, 0.6) is 0 Å². The van der Waals surface area contributed by atoms with Gasteiger partial charge in [-0.15, -0.1) is 0 Å². The van der Waals surface area contributed by atoms with E-state index < -0.39 is 17.2 Å². The van der Waals surface area contributed by atoms with Crippen molar-refractivity contribution in [2.75, 3.05) is 11.9 Å². The van der Waals surface area contributed by atoms with Crippen LogP contribution in [0.25, 0.3) is 10.9 Å². The van der Waals surface area contributed by atoms with Crippen LogP contribution in [0.4, 0.5) is 10.1 Å². The average molecular weight is 463 g/mol. The summed E-state index contributed by atoms with van der Waals surface area (Å²) in [6.07, 6.45) is 6.04. The van der Waals surface area contributed by atoms with Crippen LogP contribution in [0.15, 0.2) is 18.2 Å². The van der Waals surface area contributed by atoms with Gasteiger partial charge in [-0.1, -0.05) is 15.9 Å². The van der Waals surface area contributed by atoms with E-state index in [0.29, 0.717) is 28.4 Å². The number of carbonyl (C=O) groups excluding carboxylic acids is 2. The van der Waals surface area contributed by atoms with Crippen molar-refractivity contribution in [1.82, 2.24) is 4.98 Å². The molecular weight excluding hydrogens is 439 g/mol. The van der Waals surface area contributed by atoms with Crippen molar-refractivity contribution in [3.05, 3.63) is 29.7 Å². The number of hydrogen-bond donors (Lipinski definition) is 2. The van der Waals surface area contributed by atoms with E-state index in [9.17, 15) is 14.0 Å². The van der Waals surface area contributed by atoms with Crippen molar-refractivity contribution in [3.63, 3.8) is 0 Å². The number of hydrogen-bond acceptors (Lipinski definition) is 3. The minimum Gasteiger partial charge on any atom is -0.461 e. The Morgan fingerprint density at radius 2 is 2.00 bits per heavy atom. The number of aromatic nitrogens is 1. The first-order valence-corrected chi connectivity index (χ1v) is 11.1. The largest absolute Gasteiger partial charge is 0.461 e. The predicted octanol–water partition coefficient (Wildman–Crippen LogP) is 5.16. The molecule has 154 valence electrons. The molecule has 4 saturated carbocycles. The normalized spacial score (nSPS) is 32.5. The van der Waals surface area contributed by atoms with Gasteiger partial charge in [-0.25, -0.2) is 9.18 Å². The molecule has 4 fully saturated rings. The number of carbonyl (C=O) groups is 2. The van der Waals surface area contributed by atoms with Crippen LogP contribution in [0.3, 0.4) is 0 Å². The molecule has 2 aromatic rings. The van der Waals surface area contributed by atoms with Crippen LogP contribution in [0.2, 0.25) is 0 Å². The molecule has 0 radical (unpaired) electrons. The number of benzene rings is 1. The minimum atomic E-state index is -0.554. The topological polar surface area (TPSA) is 71.2 Å². The van der Waals surface area contributed by atoms with Gasteiger partial charge in [0.1, 0.15) is 11.5 Å². The Balaban J connectivity index is 1.53. The highest BCUT2D eigenvalue weighted by atomic mass is 79.9. The molecule has 4 atom stereocenters. The first kappa shape index (κ1) is 19.1. The Morgan fingerprint density at radius 1 is 1.28 bits per heavy atom. The Morgan fingerprint density at radius 3 is 2.66 bits per heavy atom. The molecule has 1 aromatic carbocycles. The molecule has 6 rings (SSSR count). The summed E-state index contributed by atoms with van der Waals surface area (Å²) in [5, 5.41) is 3.50. The lowest BCUT2D eigenvalue weighted by atomic mass is 9.49. The van der Waals surface area contributed by atoms with Gasteiger partial charge in [0.25, 0.3) is 0 Å². The molecule has 2 unspecified atom stereocenters. The maximum atomic E-state index is 13.9. The van der Waals surface area contributed by atoms with Gasteiger partial charge in [0.2, 0.25) is 5.91 Å². The fraction of sp³-hybridized carbons (Fsp3) is 0.545. The van der Waals surface area contributed by atoms with Crippen LogP contribution >= 0.6 is 15.9 Å². The molecule has 2 N–H and O–H groups in total. The summed E-state index contributed by atoms with van der Waals surface area (Å²) in [7, 11) is 0. The van der Waals surface area contributed by atoms with Gasteiger partial charge in [-0.2, -0.15) is 0 Å². The van der Waals surface area contributed by atoms with E-state index in [1.165, 1.54) is 18.6 Å². The van der Waals surface area contributed by atoms with E-state index in [4.69, 9.17) is 4.74 Å². The molecule has 0 spiro atoms. The number of H-pyrrole nitrogens is 1. The molecule has 1 amide bonds. The zero-order chi connectivity index (χ0) is 20.4. The van der Waals surface area contributed by atoms with E-state index in [1.807, 2.05) is 0 Å². The lowest BCUT2D eigenvalue weighted by molar-refractivity contribution is -0.138. The second kappa shape index (κ2) is 6.56. The van der Waals surface area contributed by atoms with Crippen molar-refractivity contribution in [3.8, 4) is 0 Å². The van der Waals surface area contributed by atoms with Crippen molar-refractivity contribution in [2.45, 2.75) is 49.8 Å². The van der Waals surface area contributed by atoms with E-state index >= 15 is 0 Å². The van der Waals surface area contributed by atoms with Gasteiger partial charge < -0.3 is 15.0 Å². The Labute approximate surface area is 176 Å². The summed E-state index contributed by atoms with van der Waals surface area (Å²) in [5.41, 5.74) is 0.643. The summed E-state index contributed by atoms with van der Waals surface area (Å²) in [4.78, 5) is 29.1. The third-order valence-electron chi connectivity index (χ3n) is 6.95. The lowest BCUT2D eigenvalue weighted by Gasteiger charge is -2.59. The molecule has 1 heterocycles. The maximum Gasteiger partial charge on any atom is 0.356 e. The average Bonchev–Trinajstić information content (AvgIpc) is 2.98. The molecule has 1 aromatic heterocycles. The highest BCUT2D eigenvalue weighted by Crippen LogP contribution is 2.64. The van der Waals surface area contributed by atoms with Gasteiger partial charge in [-0.3, -0.25) is 4.79 Å². The number of anilines is 1.